The van der Waals surface area contributed by atoms with Crippen molar-refractivity contribution in [2.24, 2.45) is 5.10 Å². The summed E-state index contributed by atoms with van der Waals surface area (Å²) in [7, 11) is -2.54. The largest absolute Gasteiger partial charge is 0.497 e. The number of hydrogen-bond donors (Lipinski definition) is 1. The van der Waals surface area contributed by atoms with Crippen molar-refractivity contribution in [1.29, 1.82) is 0 Å². The summed E-state index contributed by atoms with van der Waals surface area (Å²) in [6.07, 6.45) is 1.57. The van der Waals surface area contributed by atoms with Crippen molar-refractivity contribution in [2.45, 2.75) is 32.6 Å². The number of amides is 1. The Kier molecular flexibility index (Phi) is 8.21. The van der Waals surface area contributed by atoms with Gasteiger partial charge in [0.2, 0.25) is 0 Å². The van der Waals surface area contributed by atoms with Gasteiger partial charge in [-0.3, -0.25) is 9.10 Å². The number of hydrazone groups is 1. The Balaban J connectivity index is 1.57. The Morgan fingerprint density at radius 3 is 2.41 bits per heavy atom. The first-order valence-corrected chi connectivity index (χ1v) is 13.9. The molecule has 0 aliphatic heterocycles. The monoisotopic (exact) mass is 544 g/mol. The third-order valence-corrected chi connectivity index (χ3v) is 8.20. The first kappa shape index (κ1) is 27.7. The molecule has 0 unspecified atom stereocenters. The molecule has 4 rings (SSSR count). The summed E-state index contributed by atoms with van der Waals surface area (Å²) in [4.78, 5) is 13.0. The second-order valence-corrected chi connectivity index (χ2v) is 11.1. The van der Waals surface area contributed by atoms with E-state index in [4.69, 9.17) is 4.74 Å². The van der Waals surface area contributed by atoms with E-state index in [0.717, 1.165) is 32.5 Å². The zero-order valence-electron chi connectivity index (χ0n) is 22.7. The minimum atomic E-state index is -4.04. The van der Waals surface area contributed by atoms with Gasteiger partial charge in [0.15, 0.2) is 0 Å². The van der Waals surface area contributed by atoms with Crippen LogP contribution in [0.4, 0.5) is 5.69 Å². The highest BCUT2D eigenvalue weighted by Crippen LogP contribution is 2.27. The molecule has 0 spiro atoms. The van der Waals surface area contributed by atoms with Gasteiger partial charge in [-0.05, 0) is 69.7 Å². The molecule has 39 heavy (non-hydrogen) atoms. The average molecular weight is 545 g/mol. The zero-order valence-corrected chi connectivity index (χ0v) is 23.5. The van der Waals surface area contributed by atoms with Gasteiger partial charge in [0.25, 0.3) is 15.9 Å². The first-order chi connectivity index (χ1) is 18.6. The predicted octanol–water partition coefficient (Wildman–Crippen LogP) is 5.07. The van der Waals surface area contributed by atoms with Gasteiger partial charge in [-0.25, -0.2) is 13.8 Å². The number of nitrogens with one attached hydrogen (secondary N) is 1. The van der Waals surface area contributed by atoms with Gasteiger partial charge in [0.05, 0.1) is 23.9 Å². The number of methoxy groups -OCH3 is 1. The normalized spacial score (nSPS) is 11.5. The van der Waals surface area contributed by atoms with E-state index in [-0.39, 0.29) is 4.90 Å². The van der Waals surface area contributed by atoms with E-state index >= 15 is 0 Å². The molecular formula is C30H32N4O4S. The lowest BCUT2D eigenvalue weighted by atomic mass is 10.1. The van der Waals surface area contributed by atoms with Crippen LogP contribution in [0, 0.1) is 27.7 Å². The highest BCUT2D eigenvalue weighted by atomic mass is 32.2. The number of rotatable bonds is 9. The molecule has 1 amide bonds. The van der Waals surface area contributed by atoms with E-state index in [0.29, 0.717) is 11.4 Å². The van der Waals surface area contributed by atoms with Gasteiger partial charge in [0.1, 0.15) is 12.3 Å². The topological polar surface area (TPSA) is 93.0 Å². The lowest BCUT2D eigenvalue weighted by Gasteiger charge is -2.24. The maximum atomic E-state index is 13.5. The number of anilines is 1. The van der Waals surface area contributed by atoms with Crippen LogP contribution in [-0.2, 0) is 14.8 Å². The van der Waals surface area contributed by atoms with Crippen molar-refractivity contribution in [2.75, 3.05) is 18.0 Å². The number of sulfonamides is 1. The van der Waals surface area contributed by atoms with Crippen LogP contribution in [0.15, 0.2) is 88.9 Å². The minimum absolute atomic E-state index is 0.0722. The van der Waals surface area contributed by atoms with E-state index in [1.807, 2.05) is 19.9 Å². The van der Waals surface area contributed by atoms with Gasteiger partial charge in [-0.15, -0.1) is 0 Å². The van der Waals surface area contributed by atoms with Crippen LogP contribution in [-0.4, -0.2) is 38.8 Å². The Labute approximate surface area is 229 Å². The van der Waals surface area contributed by atoms with Crippen molar-refractivity contribution in [3.8, 4) is 11.4 Å². The third-order valence-electron chi connectivity index (χ3n) is 6.42. The summed E-state index contributed by atoms with van der Waals surface area (Å²) in [6, 6.07) is 22.8. The van der Waals surface area contributed by atoms with E-state index in [1.54, 1.807) is 48.7 Å². The lowest BCUT2D eigenvalue weighted by molar-refractivity contribution is -0.119. The molecule has 0 fully saturated rings. The molecule has 0 aliphatic rings. The molecule has 0 radical (unpaired) electrons. The number of aromatic nitrogens is 1. The van der Waals surface area contributed by atoms with Crippen LogP contribution in [0.25, 0.3) is 5.69 Å². The van der Waals surface area contributed by atoms with Crippen LogP contribution in [0.5, 0.6) is 5.75 Å². The Bertz CT molecular complexity index is 1630. The maximum absolute atomic E-state index is 13.5. The first-order valence-electron chi connectivity index (χ1n) is 12.4. The summed E-state index contributed by atoms with van der Waals surface area (Å²) in [5.74, 6) is -0.116. The Hall–Kier alpha value is -4.37. The molecule has 202 valence electrons. The van der Waals surface area contributed by atoms with Crippen molar-refractivity contribution in [3.05, 3.63) is 107 Å². The van der Waals surface area contributed by atoms with Gasteiger partial charge < -0.3 is 9.30 Å². The molecule has 0 aliphatic carbocycles. The predicted molar refractivity (Wildman–Crippen MR) is 154 cm³/mol. The van der Waals surface area contributed by atoms with Crippen molar-refractivity contribution >= 4 is 27.8 Å². The number of aryl methyl sites for hydroxylation is 3. The van der Waals surface area contributed by atoms with Crippen LogP contribution >= 0.6 is 0 Å². The molecular weight excluding hydrogens is 512 g/mol. The zero-order chi connectivity index (χ0) is 28.2. The molecule has 8 nitrogen and oxygen atoms in total. The quantitative estimate of drug-likeness (QED) is 0.235. The molecule has 9 heteroatoms. The van der Waals surface area contributed by atoms with E-state index < -0.39 is 22.5 Å². The Morgan fingerprint density at radius 2 is 1.72 bits per heavy atom. The number of hydrogen-bond acceptors (Lipinski definition) is 5. The maximum Gasteiger partial charge on any atom is 0.264 e. The fourth-order valence-corrected chi connectivity index (χ4v) is 5.92. The van der Waals surface area contributed by atoms with Crippen molar-refractivity contribution in [1.82, 2.24) is 9.99 Å². The molecule has 0 bridgehead atoms. The van der Waals surface area contributed by atoms with E-state index in [9.17, 15) is 13.2 Å². The van der Waals surface area contributed by atoms with Crippen molar-refractivity contribution < 1.29 is 17.9 Å². The average Bonchev–Trinajstić information content (AvgIpc) is 3.20. The third kappa shape index (κ3) is 6.04. The van der Waals surface area contributed by atoms with E-state index in [1.165, 1.54) is 24.8 Å². The number of ether oxygens (including phenoxy) is 1. The molecule has 0 saturated heterocycles. The van der Waals surface area contributed by atoms with Crippen LogP contribution in [0.1, 0.15) is 28.1 Å². The standard InChI is InChI=1S/C30H32N4O4S/c1-21-14-15-29(22(2)16-21)34-23(3)17-25(24(34)4)19-31-32-30(35)20-33(26-10-9-11-27(18-26)38-5)39(36,37)28-12-7-6-8-13-28/h6-19H,20H2,1-5H3,(H,32,35)/b31-19-. The summed E-state index contributed by atoms with van der Waals surface area (Å²) < 4.78 is 35.4. The van der Waals surface area contributed by atoms with Gasteiger partial charge in [-0.2, -0.15) is 5.10 Å². The summed E-state index contributed by atoms with van der Waals surface area (Å²) in [5.41, 5.74) is 9.07. The number of nitrogens with zero attached hydrogens (tertiary/aromatic N) is 3. The second kappa shape index (κ2) is 11.6. The smallest absolute Gasteiger partial charge is 0.264 e. The molecule has 0 atom stereocenters. The highest BCUT2D eigenvalue weighted by molar-refractivity contribution is 7.92. The summed E-state index contributed by atoms with van der Waals surface area (Å²) in [5, 5.41) is 4.14. The molecule has 4 aromatic rings. The molecule has 1 N–H and O–H groups in total. The molecule has 3 aromatic carbocycles. The fraction of sp³-hybridized carbons (Fsp3) is 0.200. The number of benzene rings is 3. The number of carbonyl (C=O) groups is 1. The lowest BCUT2D eigenvalue weighted by Crippen LogP contribution is -2.39. The van der Waals surface area contributed by atoms with Gasteiger partial charge in [-0.1, -0.05) is 42.0 Å². The molecule has 0 saturated carbocycles. The SMILES string of the molecule is COc1cccc(N(CC(=O)N/N=C\c2cc(C)n(-c3ccc(C)cc3C)c2C)S(=O)(=O)c2ccccc2)c1. The molecule has 1 aromatic heterocycles. The van der Waals surface area contributed by atoms with E-state index in [2.05, 4.69) is 47.1 Å². The Morgan fingerprint density at radius 1 is 0.974 bits per heavy atom. The van der Waals surface area contributed by atoms with Crippen molar-refractivity contribution in [3.63, 3.8) is 0 Å². The second-order valence-electron chi connectivity index (χ2n) is 9.27. The molecule has 1 heterocycles. The van der Waals surface area contributed by atoms with Crippen LogP contribution < -0.4 is 14.5 Å². The fourth-order valence-electron chi connectivity index (χ4n) is 4.49. The highest BCUT2D eigenvalue weighted by Gasteiger charge is 2.27. The van der Waals surface area contributed by atoms with Crippen LogP contribution in [0.2, 0.25) is 0 Å². The van der Waals surface area contributed by atoms with Gasteiger partial charge >= 0.3 is 0 Å². The number of carbonyl (C=O) groups excluding carboxylic acids is 1. The minimum Gasteiger partial charge on any atom is -0.497 e. The summed E-state index contributed by atoms with van der Waals surface area (Å²) >= 11 is 0. The summed E-state index contributed by atoms with van der Waals surface area (Å²) in [6.45, 7) is 7.68. The van der Waals surface area contributed by atoms with Gasteiger partial charge in [0, 0.05) is 28.7 Å². The van der Waals surface area contributed by atoms with Crippen LogP contribution in [0.3, 0.4) is 0 Å².